The Morgan fingerprint density at radius 2 is 2.35 bits per heavy atom. The van der Waals surface area contributed by atoms with Crippen LogP contribution in [-0.4, -0.2) is 16.6 Å². The second kappa shape index (κ2) is 5.49. The monoisotopic (exact) mass is 252 g/mol. The maximum absolute atomic E-state index is 6.20. The van der Waals surface area contributed by atoms with E-state index in [-0.39, 0.29) is 6.04 Å². The molecule has 1 aliphatic rings. The summed E-state index contributed by atoms with van der Waals surface area (Å²) in [6.07, 6.45) is 5.79. The van der Waals surface area contributed by atoms with Gasteiger partial charge in [0.15, 0.2) is 0 Å². The molecule has 0 aliphatic heterocycles. The maximum atomic E-state index is 6.20. The molecule has 0 saturated heterocycles. The summed E-state index contributed by atoms with van der Waals surface area (Å²) in [6.45, 7) is 5.71. The molecule has 1 heterocycles. The number of nitrogens with zero attached hydrogens (tertiary/aromatic N) is 1. The maximum Gasteiger partial charge on any atom is 0.0313 e. The summed E-state index contributed by atoms with van der Waals surface area (Å²) >= 11 is 1.94. The van der Waals surface area contributed by atoms with Crippen molar-refractivity contribution in [2.45, 2.75) is 45.7 Å². The zero-order chi connectivity index (χ0) is 12.4. The van der Waals surface area contributed by atoms with Crippen LogP contribution in [0.15, 0.2) is 6.07 Å². The first-order valence-corrected chi connectivity index (χ1v) is 7.96. The first kappa shape index (κ1) is 13.0. The highest BCUT2D eigenvalue weighted by atomic mass is 32.2. The SMILES string of the molecule is CSCC(C)Cn1c(C)cc2c1CCCC2N. The molecule has 0 fully saturated rings. The average molecular weight is 252 g/mol. The van der Waals surface area contributed by atoms with Crippen LogP contribution in [0.3, 0.4) is 0 Å². The number of hydrogen-bond acceptors (Lipinski definition) is 2. The Hall–Kier alpha value is -0.410. The minimum Gasteiger partial charge on any atom is -0.348 e. The highest BCUT2D eigenvalue weighted by Crippen LogP contribution is 2.31. The van der Waals surface area contributed by atoms with E-state index in [0.29, 0.717) is 0 Å². The lowest BCUT2D eigenvalue weighted by Gasteiger charge is -2.22. The molecule has 2 N–H and O–H groups in total. The largest absolute Gasteiger partial charge is 0.348 e. The molecule has 2 atom stereocenters. The summed E-state index contributed by atoms with van der Waals surface area (Å²) in [6, 6.07) is 2.58. The lowest BCUT2D eigenvalue weighted by molar-refractivity contribution is 0.484. The third kappa shape index (κ3) is 2.71. The van der Waals surface area contributed by atoms with Crippen molar-refractivity contribution in [2.75, 3.05) is 12.0 Å². The normalized spacial score (nSPS) is 21.3. The molecule has 2 rings (SSSR count). The Morgan fingerprint density at radius 1 is 1.59 bits per heavy atom. The van der Waals surface area contributed by atoms with Crippen molar-refractivity contribution in [3.05, 3.63) is 23.0 Å². The first-order chi connectivity index (χ1) is 8.13. The number of aromatic nitrogens is 1. The van der Waals surface area contributed by atoms with Crippen LogP contribution in [-0.2, 0) is 13.0 Å². The molecule has 0 saturated carbocycles. The van der Waals surface area contributed by atoms with Crippen molar-refractivity contribution < 1.29 is 0 Å². The fraction of sp³-hybridized carbons (Fsp3) is 0.714. The summed E-state index contributed by atoms with van der Waals surface area (Å²) in [7, 11) is 0. The lowest BCUT2D eigenvalue weighted by Crippen LogP contribution is -2.20. The summed E-state index contributed by atoms with van der Waals surface area (Å²) in [4.78, 5) is 0. The van der Waals surface area contributed by atoms with Gasteiger partial charge in [0, 0.05) is 24.0 Å². The molecule has 17 heavy (non-hydrogen) atoms. The molecule has 3 heteroatoms. The van der Waals surface area contributed by atoms with Crippen LogP contribution < -0.4 is 5.73 Å². The minimum atomic E-state index is 0.273. The second-order valence-electron chi connectivity index (χ2n) is 5.36. The van der Waals surface area contributed by atoms with Crippen LogP contribution in [0.2, 0.25) is 0 Å². The molecule has 0 spiro atoms. The van der Waals surface area contributed by atoms with E-state index in [0.717, 1.165) is 18.9 Å². The Morgan fingerprint density at radius 3 is 3.06 bits per heavy atom. The van der Waals surface area contributed by atoms with Crippen LogP contribution in [0, 0.1) is 12.8 Å². The van der Waals surface area contributed by atoms with Gasteiger partial charge in [-0.15, -0.1) is 0 Å². The van der Waals surface area contributed by atoms with E-state index in [1.807, 2.05) is 11.8 Å². The Labute approximate surface area is 109 Å². The van der Waals surface area contributed by atoms with Crippen molar-refractivity contribution in [3.63, 3.8) is 0 Å². The number of aryl methyl sites for hydroxylation is 1. The van der Waals surface area contributed by atoms with Crippen molar-refractivity contribution in [1.29, 1.82) is 0 Å². The molecule has 1 aliphatic carbocycles. The quantitative estimate of drug-likeness (QED) is 0.892. The standard InChI is InChI=1S/C14H24N2S/c1-10(9-17-3)8-16-11(2)7-12-13(15)5-4-6-14(12)16/h7,10,13H,4-6,8-9,15H2,1-3H3. The third-order valence-corrected chi connectivity index (χ3v) is 4.63. The molecule has 1 aromatic heterocycles. The van der Waals surface area contributed by atoms with Gasteiger partial charge in [0.25, 0.3) is 0 Å². The van der Waals surface area contributed by atoms with E-state index in [4.69, 9.17) is 5.73 Å². The molecule has 0 amide bonds. The molecule has 2 unspecified atom stereocenters. The zero-order valence-electron chi connectivity index (χ0n) is 11.2. The number of rotatable bonds is 4. The lowest BCUT2D eigenvalue weighted by atomic mass is 9.93. The van der Waals surface area contributed by atoms with Crippen molar-refractivity contribution >= 4 is 11.8 Å². The van der Waals surface area contributed by atoms with Crippen molar-refractivity contribution in [3.8, 4) is 0 Å². The van der Waals surface area contributed by atoms with Crippen LogP contribution in [0.5, 0.6) is 0 Å². The average Bonchev–Trinajstić information content (AvgIpc) is 2.58. The van der Waals surface area contributed by atoms with Gasteiger partial charge < -0.3 is 10.3 Å². The van der Waals surface area contributed by atoms with Gasteiger partial charge in [0.1, 0.15) is 0 Å². The highest BCUT2D eigenvalue weighted by molar-refractivity contribution is 7.98. The van der Waals surface area contributed by atoms with E-state index in [2.05, 4.69) is 30.7 Å². The highest BCUT2D eigenvalue weighted by Gasteiger charge is 2.22. The predicted octanol–water partition coefficient (Wildman–Crippen LogP) is 3.13. The predicted molar refractivity (Wildman–Crippen MR) is 76.6 cm³/mol. The van der Waals surface area contributed by atoms with Gasteiger partial charge in [0.2, 0.25) is 0 Å². The van der Waals surface area contributed by atoms with E-state index in [9.17, 15) is 0 Å². The topological polar surface area (TPSA) is 30.9 Å². The van der Waals surface area contributed by atoms with Crippen LogP contribution >= 0.6 is 11.8 Å². The molecule has 0 radical (unpaired) electrons. The molecular weight excluding hydrogens is 228 g/mol. The Balaban J connectivity index is 2.22. The Kier molecular flexibility index (Phi) is 4.21. The number of thioether (sulfide) groups is 1. The summed E-state index contributed by atoms with van der Waals surface area (Å²) in [5.74, 6) is 1.97. The van der Waals surface area contributed by atoms with Crippen LogP contribution in [0.4, 0.5) is 0 Å². The fourth-order valence-electron chi connectivity index (χ4n) is 2.90. The van der Waals surface area contributed by atoms with Gasteiger partial charge in [-0.05, 0) is 55.7 Å². The smallest absolute Gasteiger partial charge is 0.0313 e. The minimum absolute atomic E-state index is 0.273. The molecule has 1 aromatic rings. The molecule has 0 bridgehead atoms. The van der Waals surface area contributed by atoms with E-state index in [1.165, 1.54) is 35.5 Å². The van der Waals surface area contributed by atoms with Gasteiger partial charge in [-0.25, -0.2) is 0 Å². The van der Waals surface area contributed by atoms with E-state index < -0.39 is 0 Å². The number of hydrogen-bond donors (Lipinski definition) is 1. The molecule has 96 valence electrons. The second-order valence-corrected chi connectivity index (χ2v) is 6.27. The molecule has 0 aromatic carbocycles. The van der Waals surface area contributed by atoms with Crippen LogP contribution in [0.1, 0.15) is 42.8 Å². The van der Waals surface area contributed by atoms with E-state index >= 15 is 0 Å². The van der Waals surface area contributed by atoms with Gasteiger partial charge in [0.05, 0.1) is 0 Å². The van der Waals surface area contributed by atoms with Gasteiger partial charge in [-0.2, -0.15) is 11.8 Å². The van der Waals surface area contributed by atoms with Gasteiger partial charge in [-0.1, -0.05) is 6.92 Å². The number of fused-ring (bicyclic) bond motifs is 1. The Bertz CT molecular complexity index is 384. The van der Waals surface area contributed by atoms with E-state index in [1.54, 1.807) is 0 Å². The zero-order valence-corrected chi connectivity index (χ0v) is 12.0. The molecule has 2 nitrogen and oxygen atoms in total. The van der Waals surface area contributed by atoms with Crippen molar-refractivity contribution in [1.82, 2.24) is 4.57 Å². The summed E-state index contributed by atoms with van der Waals surface area (Å²) in [5, 5.41) is 0. The number of nitrogens with two attached hydrogens (primary N) is 1. The van der Waals surface area contributed by atoms with Crippen LogP contribution in [0.25, 0.3) is 0 Å². The first-order valence-electron chi connectivity index (χ1n) is 6.57. The van der Waals surface area contributed by atoms with Crippen molar-refractivity contribution in [2.24, 2.45) is 11.7 Å². The summed E-state index contributed by atoms with van der Waals surface area (Å²) in [5.41, 5.74) is 10.5. The fourth-order valence-corrected chi connectivity index (χ4v) is 3.58. The molecular formula is C14H24N2S. The van der Waals surface area contributed by atoms with Gasteiger partial charge in [-0.3, -0.25) is 0 Å². The summed E-state index contributed by atoms with van der Waals surface area (Å²) < 4.78 is 2.51. The third-order valence-electron chi connectivity index (χ3n) is 3.72. The van der Waals surface area contributed by atoms with Gasteiger partial charge >= 0.3 is 0 Å².